The van der Waals surface area contributed by atoms with Crippen molar-refractivity contribution in [1.29, 1.82) is 0 Å². The molecule has 1 aliphatic heterocycles. The minimum Gasteiger partial charge on any atom is -0.326 e. The second-order valence-corrected chi connectivity index (χ2v) is 6.57. The van der Waals surface area contributed by atoms with Crippen LogP contribution in [0.3, 0.4) is 0 Å². The second kappa shape index (κ2) is 6.97. The van der Waals surface area contributed by atoms with Gasteiger partial charge in [0.2, 0.25) is 5.91 Å². The maximum atomic E-state index is 12.6. The smallest absolute Gasteiger partial charge is 0.319 e. The number of benzene rings is 2. The van der Waals surface area contributed by atoms with Crippen molar-refractivity contribution in [3.8, 4) is 0 Å². The first-order chi connectivity index (χ1) is 11.9. The molecule has 0 spiro atoms. The second-order valence-electron chi connectivity index (χ2n) is 6.57. The number of aryl methyl sites for hydroxylation is 3. The summed E-state index contributed by atoms with van der Waals surface area (Å²) >= 11 is 0. The normalized spacial score (nSPS) is 16.8. The SMILES string of the molecule is Cc1cccc(NC(=O)N[C@H]2CCN(c3ccc(C)c(C)c3)C2=O)c1. The van der Waals surface area contributed by atoms with Crippen LogP contribution in [-0.2, 0) is 4.79 Å². The predicted octanol–water partition coefficient (Wildman–Crippen LogP) is 3.54. The highest BCUT2D eigenvalue weighted by Gasteiger charge is 2.33. The average Bonchev–Trinajstić information content (AvgIpc) is 2.91. The molecule has 1 heterocycles. The number of hydrogen-bond acceptors (Lipinski definition) is 2. The lowest BCUT2D eigenvalue weighted by Gasteiger charge is -2.18. The largest absolute Gasteiger partial charge is 0.326 e. The minimum absolute atomic E-state index is 0.0670. The maximum absolute atomic E-state index is 12.6. The van der Waals surface area contributed by atoms with Crippen molar-refractivity contribution in [3.05, 3.63) is 59.2 Å². The van der Waals surface area contributed by atoms with Gasteiger partial charge in [-0.3, -0.25) is 4.79 Å². The Kier molecular flexibility index (Phi) is 4.74. The van der Waals surface area contributed by atoms with Gasteiger partial charge in [0.05, 0.1) is 0 Å². The lowest BCUT2D eigenvalue weighted by Crippen LogP contribution is -2.43. The van der Waals surface area contributed by atoms with Crippen molar-refractivity contribution in [1.82, 2.24) is 5.32 Å². The van der Waals surface area contributed by atoms with Crippen LogP contribution >= 0.6 is 0 Å². The van der Waals surface area contributed by atoms with Crippen LogP contribution in [0, 0.1) is 20.8 Å². The van der Waals surface area contributed by atoms with Gasteiger partial charge in [-0.05, 0) is 68.1 Å². The van der Waals surface area contributed by atoms with Crippen LogP contribution in [0.25, 0.3) is 0 Å². The number of carbonyl (C=O) groups is 2. The summed E-state index contributed by atoms with van der Waals surface area (Å²) in [6, 6.07) is 12.7. The topological polar surface area (TPSA) is 61.4 Å². The average molecular weight is 337 g/mol. The highest BCUT2D eigenvalue weighted by atomic mass is 16.2. The van der Waals surface area contributed by atoms with E-state index in [0.717, 1.165) is 16.8 Å². The van der Waals surface area contributed by atoms with E-state index in [2.05, 4.69) is 10.6 Å². The van der Waals surface area contributed by atoms with Gasteiger partial charge < -0.3 is 15.5 Å². The first kappa shape index (κ1) is 17.0. The third-order valence-corrected chi connectivity index (χ3v) is 4.59. The maximum Gasteiger partial charge on any atom is 0.319 e. The Morgan fingerprint density at radius 3 is 2.60 bits per heavy atom. The molecule has 0 radical (unpaired) electrons. The van der Waals surface area contributed by atoms with E-state index < -0.39 is 6.04 Å². The van der Waals surface area contributed by atoms with Crippen LogP contribution < -0.4 is 15.5 Å². The lowest BCUT2D eigenvalue weighted by atomic mass is 10.1. The van der Waals surface area contributed by atoms with Gasteiger partial charge >= 0.3 is 6.03 Å². The number of hydrogen-bond donors (Lipinski definition) is 2. The molecule has 2 N–H and O–H groups in total. The van der Waals surface area contributed by atoms with Gasteiger partial charge in [-0.25, -0.2) is 4.79 Å². The van der Waals surface area contributed by atoms with Crippen LogP contribution in [0.2, 0.25) is 0 Å². The first-order valence-corrected chi connectivity index (χ1v) is 8.47. The van der Waals surface area contributed by atoms with E-state index in [9.17, 15) is 9.59 Å². The third-order valence-electron chi connectivity index (χ3n) is 4.59. The van der Waals surface area contributed by atoms with Crippen molar-refractivity contribution in [3.63, 3.8) is 0 Å². The molecule has 25 heavy (non-hydrogen) atoms. The number of urea groups is 1. The molecule has 0 saturated carbocycles. The molecule has 0 aromatic heterocycles. The van der Waals surface area contributed by atoms with Gasteiger partial charge in [0.1, 0.15) is 6.04 Å². The quantitative estimate of drug-likeness (QED) is 0.900. The van der Waals surface area contributed by atoms with E-state index in [0.29, 0.717) is 18.7 Å². The minimum atomic E-state index is -0.494. The molecule has 3 amide bonds. The summed E-state index contributed by atoms with van der Waals surface area (Å²) in [5, 5.41) is 5.56. The zero-order valence-electron chi connectivity index (χ0n) is 14.8. The molecule has 0 aliphatic carbocycles. The molecule has 0 unspecified atom stereocenters. The van der Waals surface area contributed by atoms with E-state index in [1.165, 1.54) is 5.56 Å². The Labute approximate surface area is 148 Å². The molecular formula is C20H23N3O2. The van der Waals surface area contributed by atoms with Crippen LogP contribution in [0.5, 0.6) is 0 Å². The van der Waals surface area contributed by atoms with Crippen molar-refractivity contribution in [2.75, 3.05) is 16.8 Å². The van der Waals surface area contributed by atoms with E-state index in [4.69, 9.17) is 0 Å². The van der Waals surface area contributed by atoms with E-state index in [-0.39, 0.29) is 11.9 Å². The highest BCUT2D eigenvalue weighted by Crippen LogP contribution is 2.24. The Balaban J connectivity index is 1.63. The summed E-state index contributed by atoms with van der Waals surface area (Å²) in [4.78, 5) is 26.5. The van der Waals surface area contributed by atoms with E-state index in [1.54, 1.807) is 4.90 Å². The molecular weight excluding hydrogens is 314 g/mol. The summed E-state index contributed by atoms with van der Waals surface area (Å²) in [7, 11) is 0. The van der Waals surface area contributed by atoms with Crippen LogP contribution in [0.15, 0.2) is 42.5 Å². The van der Waals surface area contributed by atoms with Crippen LogP contribution in [0.1, 0.15) is 23.1 Å². The van der Waals surface area contributed by atoms with Crippen LogP contribution in [-0.4, -0.2) is 24.5 Å². The molecule has 2 aromatic carbocycles. The molecule has 5 heteroatoms. The summed E-state index contributed by atoms with van der Waals surface area (Å²) in [6.07, 6.45) is 0.604. The number of nitrogens with one attached hydrogen (secondary N) is 2. The fourth-order valence-electron chi connectivity index (χ4n) is 3.01. The molecule has 1 atom stereocenters. The Bertz CT molecular complexity index is 816. The highest BCUT2D eigenvalue weighted by molar-refractivity contribution is 6.02. The molecule has 0 bridgehead atoms. The molecule has 1 saturated heterocycles. The number of amides is 3. The predicted molar refractivity (Wildman–Crippen MR) is 100 cm³/mol. The van der Waals surface area contributed by atoms with E-state index >= 15 is 0 Å². The van der Waals surface area contributed by atoms with Gasteiger partial charge in [0.15, 0.2) is 0 Å². The van der Waals surface area contributed by atoms with Crippen molar-refractivity contribution < 1.29 is 9.59 Å². The number of rotatable bonds is 3. The molecule has 2 aromatic rings. The number of nitrogens with zero attached hydrogens (tertiary/aromatic N) is 1. The zero-order chi connectivity index (χ0) is 18.0. The summed E-state index contributed by atoms with van der Waals surface area (Å²) in [5.74, 6) is -0.0670. The summed E-state index contributed by atoms with van der Waals surface area (Å²) in [6.45, 7) is 6.65. The Morgan fingerprint density at radius 2 is 1.88 bits per heavy atom. The van der Waals surface area contributed by atoms with Gasteiger partial charge in [-0.15, -0.1) is 0 Å². The van der Waals surface area contributed by atoms with Gasteiger partial charge in [-0.2, -0.15) is 0 Å². The summed E-state index contributed by atoms with van der Waals surface area (Å²) in [5.41, 5.74) is 5.02. The zero-order valence-corrected chi connectivity index (χ0v) is 14.8. The first-order valence-electron chi connectivity index (χ1n) is 8.47. The van der Waals surface area contributed by atoms with Crippen LogP contribution in [0.4, 0.5) is 16.2 Å². The standard InChI is InChI=1S/C20H23N3O2/c1-13-5-4-6-16(11-13)21-20(25)22-18-9-10-23(19(18)24)17-8-7-14(2)15(3)12-17/h4-8,11-12,18H,9-10H2,1-3H3,(H2,21,22,25)/t18-/m0/s1. The number of carbonyl (C=O) groups excluding carboxylic acids is 2. The Hall–Kier alpha value is -2.82. The monoisotopic (exact) mass is 337 g/mol. The lowest BCUT2D eigenvalue weighted by molar-refractivity contribution is -0.118. The fourth-order valence-corrected chi connectivity index (χ4v) is 3.01. The van der Waals surface area contributed by atoms with Crippen molar-refractivity contribution in [2.24, 2.45) is 0 Å². The molecule has 5 nitrogen and oxygen atoms in total. The summed E-state index contributed by atoms with van der Waals surface area (Å²) < 4.78 is 0. The van der Waals surface area contributed by atoms with Gasteiger partial charge in [0, 0.05) is 17.9 Å². The van der Waals surface area contributed by atoms with Gasteiger partial charge in [0.25, 0.3) is 0 Å². The molecule has 1 aliphatic rings. The third kappa shape index (κ3) is 3.82. The number of anilines is 2. The molecule has 1 fully saturated rings. The Morgan fingerprint density at radius 1 is 1.08 bits per heavy atom. The van der Waals surface area contributed by atoms with Gasteiger partial charge in [-0.1, -0.05) is 18.2 Å². The van der Waals surface area contributed by atoms with Crippen molar-refractivity contribution >= 4 is 23.3 Å². The molecule has 3 rings (SSSR count). The fraction of sp³-hybridized carbons (Fsp3) is 0.300. The van der Waals surface area contributed by atoms with Crippen molar-refractivity contribution in [2.45, 2.75) is 33.2 Å². The molecule has 130 valence electrons. The van der Waals surface area contributed by atoms with E-state index in [1.807, 2.05) is 63.2 Å².